The summed E-state index contributed by atoms with van der Waals surface area (Å²) in [4.78, 5) is 22.7. The van der Waals surface area contributed by atoms with Gasteiger partial charge in [-0.25, -0.2) is 0 Å². The first kappa shape index (κ1) is 20.2. The predicted octanol–water partition coefficient (Wildman–Crippen LogP) is 3.43. The second kappa shape index (κ2) is 8.23. The van der Waals surface area contributed by atoms with Crippen molar-refractivity contribution in [3.63, 3.8) is 0 Å². The second-order valence-corrected chi connectivity index (χ2v) is 7.31. The van der Waals surface area contributed by atoms with E-state index in [9.17, 15) is 14.9 Å². The number of rotatable bonds is 5. The number of amides is 1. The minimum atomic E-state index is -0.506. The van der Waals surface area contributed by atoms with E-state index < -0.39 is 10.8 Å². The number of hydrogen-bond acceptors (Lipinski definition) is 5. The average molecular weight is 394 g/mol. The molecule has 0 aliphatic carbocycles. The van der Waals surface area contributed by atoms with E-state index in [1.165, 1.54) is 12.1 Å². The van der Waals surface area contributed by atoms with E-state index in [1.54, 1.807) is 13.0 Å². The number of nitro groups is 1. The lowest BCUT2D eigenvalue weighted by Gasteiger charge is -2.17. The maximum atomic E-state index is 12.2. The van der Waals surface area contributed by atoms with E-state index in [-0.39, 0.29) is 30.0 Å². The van der Waals surface area contributed by atoms with Gasteiger partial charge in [0.15, 0.2) is 11.5 Å². The van der Waals surface area contributed by atoms with E-state index >= 15 is 0 Å². The number of carbonyl (C=O) groups excluding carboxylic acids is 1. The number of nitrogens with zero attached hydrogens (tertiary/aromatic N) is 1. The molecule has 7 heteroatoms. The third kappa shape index (κ3) is 4.66. The molecule has 0 spiro atoms. The van der Waals surface area contributed by atoms with Crippen LogP contribution in [0.15, 0.2) is 36.4 Å². The van der Waals surface area contributed by atoms with Gasteiger partial charge in [0.25, 0.3) is 11.6 Å². The quantitative estimate of drug-likeness (QED) is 0.477. The van der Waals surface area contributed by atoms with Gasteiger partial charge in [0, 0.05) is 29.2 Å². The number of nitro benzene ring substituents is 1. The molecule has 0 fully saturated rings. The smallest absolute Gasteiger partial charge is 0.273 e. The summed E-state index contributed by atoms with van der Waals surface area (Å²) in [6, 6.07) is 10.2. The van der Waals surface area contributed by atoms with Crippen molar-refractivity contribution in [2.45, 2.75) is 32.8 Å². The van der Waals surface area contributed by atoms with Crippen molar-refractivity contribution < 1.29 is 19.2 Å². The third-order valence-electron chi connectivity index (χ3n) is 4.56. The minimum absolute atomic E-state index is 0.0853. The van der Waals surface area contributed by atoms with Gasteiger partial charge in [0.05, 0.1) is 11.5 Å². The van der Waals surface area contributed by atoms with Crippen LogP contribution in [-0.2, 0) is 6.42 Å². The Morgan fingerprint density at radius 1 is 1.28 bits per heavy atom. The SMILES string of the molecule is Cc1c(C(=O)NCC#CCOc2cccc3c2OC(C)(C)C3)cccc1[N+](=O)[O-]. The molecule has 1 heterocycles. The summed E-state index contributed by atoms with van der Waals surface area (Å²) in [7, 11) is 0. The van der Waals surface area contributed by atoms with E-state index in [0.717, 1.165) is 17.7 Å². The summed E-state index contributed by atoms with van der Waals surface area (Å²) < 4.78 is 11.7. The highest BCUT2D eigenvalue weighted by atomic mass is 16.6. The molecule has 29 heavy (non-hydrogen) atoms. The van der Waals surface area contributed by atoms with Crippen LogP contribution in [0.5, 0.6) is 11.5 Å². The lowest BCUT2D eigenvalue weighted by atomic mass is 10.0. The first-order valence-corrected chi connectivity index (χ1v) is 9.20. The van der Waals surface area contributed by atoms with Crippen LogP contribution in [0.4, 0.5) is 5.69 Å². The standard InChI is InChI=1S/C22H22N2O5/c1-15-17(9-7-10-18(15)24(26)27)21(25)23-12-4-5-13-28-19-11-6-8-16-14-22(2,3)29-20(16)19/h6-11H,12-14H2,1-3H3,(H,23,25). The maximum Gasteiger partial charge on any atom is 0.273 e. The number of fused-ring (bicyclic) bond motifs is 1. The van der Waals surface area contributed by atoms with Crippen molar-refractivity contribution in [3.8, 4) is 23.3 Å². The van der Waals surface area contributed by atoms with Crippen molar-refractivity contribution >= 4 is 11.6 Å². The molecule has 0 atom stereocenters. The molecule has 0 unspecified atom stereocenters. The molecule has 2 aromatic rings. The van der Waals surface area contributed by atoms with Crippen LogP contribution in [0, 0.1) is 28.9 Å². The van der Waals surface area contributed by atoms with E-state index in [2.05, 4.69) is 17.2 Å². The van der Waals surface area contributed by atoms with Crippen LogP contribution in [0.3, 0.4) is 0 Å². The predicted molar refractivity (Wildman–Crippen MR) is 108 cm³/mol. The zero-order valence-corrected chi connectivity index (χ0v) is 16.6. The highest BCUT2D eigenvalue weighted by Crippen LogP contribution is 2.41. The number of para-hydroxylation sites is 1. The van der Waals surface area contributed by atoms with E-state index in [0.29, 0.717) is 11.3 Å². The Balaban J connectivity index is 1.53. The number of carbonyl (C=O) groups is 1. The second-order valence-electron chi connectivity index (χ2n) is 7.31. The van der Waals surface area contributed by atoms with Crippen LogP contribution in [-0.4, -0.2) is 29.6 Å². The van der Waals surface area contributed by atoms with Crippen LogP contribution >= 0.6 is 0 Å². The Labute approximate surface area is 169 Å². The molecule has 1 aliphatic heterocycles. The molecule has 0 bridgehead atoms. The normalized spacial score (nSPS) is 13.5. The Hall–Kier alpha value is -3.53. The van der Waals surface area contributed by atoms with Crippen LogP contribution in [0.1, 0.15) is 35.3 Å². The molecule has 7 nitrogen and oxygen atoms in total. The number of hydrogen-bond donors (Lipinski definition) is 1. The monoisotopic (exact) mass is 394 g/mol. The topological polar surface area (TPSA) is 90.7 Å². The molecule has 0 saturated heterocycles. The fraction of sp³-hybridized carbons (Fsp3) is 0.318. The summed E-state index contributed by atoms with van der Waals surface area (Å²) in [5.41, 5.74) is 1.37. The summed E-state index contributed by atoms with van der Waals surface area (Å²) in [5.74, 6) is 6.67. The molecule has 0 radical (unpaired) electrons. The molecule has 150 valence electrons. The summed E-state index contributed by atoms with van der Waals surface area (Å²) in [5, 5.41) is 13.6. The van der Waals surface area contributed by atoms with Crippen LogP contribution in [0.2, 0.25) is 0 Å². The number of nitrogens with one attached hydrogen (secondary N) is 1. The molecule has 1 N–H and O–H groups in total. The Morgan fingerprint density at radius 3 is 2.79 bits per heavy atom. The van der Waals surface area contributed by atoms with Gasteiger partial charge in [0.2, 0.25) is 0 Å². The van der Waals surface area contributed by atoms with Crippen molar-refractivity contribution in [2.24, 2.45) is 0 Å². The lowest BCUT2D eigenvalue weighted by Crippen LogP contribution is -2.24. The van der Waals surface area contributed by atoms with Gasteiger partial charge in [-0.3, -0.25) is 14.9 Å². The van der Waals surface area contributed by atoms with Gasteiger partial charge in [-0.1, -0.05) is 30.0 Å². The average Bonchev–Trinajstić information content (AvgIpc) is 2.98. The number of ether oxygens (including phenoxy) is 2. The van der Waals surface area contributed by atoms with Gasteiger partial charge >= 0.3 is 0 Å². The van der Waals surface area contributed by atoms with E-state index in [1.807, 2.05) is 32.0 Å². The molecule has 1 amide bonds. The minimum Gasteiger partial charge on any atom is -0.483 e. The van der Waals surface area contributed by atoms with Gasteiger partial charge in [-0.15, -0.1) is 0 Å². The molecular weight excluding hydrogens is 372 g/mol. The van der Waals surface area contributed by atoms with Gasteiger partial charge in [0.1, 0.15) is 12.2 Å². The lowest BCUT2D eigenvalue weighted by molar-refractivity contribution is -0.385. The largest absolute Gasteiger partial charge is 0.483 e. The Morgan fingerprint density at radius 2 is 2.03 bits per heavy atom. The van der Waals surface area contributed by atoms with Gasteiger partial charge in [-0.05, 0) is 32.9 Å². The fourth-order valence-corrected chi connectivity index (χ4v) is 3.22. The molecule has 2 aromatic carbocycles. The van der Waals surface area contributed by atoms with Crippen molar-refractivity contribution in [1.82, 2.24) is 5.32 Å². The van der Waals surface area contributed by atoms with Crippen molar-refractivity contribution in [2.75, 3.05) is 13.2 Å². The Kier molecular flexibility index (Phi) is 5.74. The first-order chi connectivity index (χ1) is 13.8. The summed E-state index contributed by atoms with van der Waals surface area (Å²) in [6.07, 6.45) is 0.828. The highest BCUT2D eigenvalue weighted by molar-refractivity contribution is 5.96. The van der Waals surface area contributed by atoms with Crippen molar-refractivity contribution in [1.29, 1.82) is 0 Å². The molecule has 0 saturated carbocycles. The van der Waals surface area contributed by atoms with Gasteiger partial charge < -0.3 is 14.8 Å². The zero-order chi connectivity index (χ0) is 21.0. The van der Waals surface area contributed by atoms with E-state index in [4.69, 9.17) is 9.47 Å². The van der Waals surface area contributed by atoms with Crippen molar-refractivity contribution in [3.05, 3.63) is 63.2 Å². The zero-order valence-electron chi connectivity index (χ0n) is 16.6. The fourth-order valence-electron chi connectivity index (χ4n) is 3.22. The molecule has 0 aromatic heterocycles. The molecular formula is C22H22N2O5. The summed E-state index contributed by atoms with van der Waals surface area (Å²) in [6.45, 7) is 5.88. The number of benzene rings is 2. The molecule has 3 rings (SSSR count). The third-order valence-corrected chi connectivity index (χ3v) is 4.56. The highest BCUT2D eigenvalue weighted by Gasteiger charge is 2.32. The summed E-state index contributed by atoms with van der Waals surface area (Å²) >= 11 is 0. The molecule has 1 aliphatic rings. The van der Waals surface area contributed by atoms with Gasteiger partial charge in [-0.2, -0.15) is 0 Å². The van der Waals surface area contributed by atoms with Crippen LogP contribution in [0.25, 0.3) is 0 Å². The Bertz CT molecular complexity index is 1020. The van der Waals surface area contributed by atoms with Crippen LogP contribution < -0.4 is 14.8 Å². The first-order valence-electron chi connectivity index (χ1n) is 9.20. The maximum absolute atomic E-state index is 12.2.